The maximum absolute atomic E-state index is 9.69. The van der Waals surface area contributed by atoms with E-state index in [0.717, 1.165) is 27.7 Å². The topological polar surface area (TPSA) is 70.4 Å². The van der Waals surface area contributed by atoms with Gasteiger partial charge in [0.1, 0.15) is 16.9 Å². The molecule has 0 saturated heterocycles. The lowest BCUT2D eigenvalue weighted by Crippen LogP contribution is -2.18. The Hall–Kier alpha value is -2.05. The number of aliphatic hydroxyl groups excluding tert-OH is 1. The van der Waals surface area contributed by atoms with Crippen LogP contribution in [0.15, 0.2) is 29.4 Å². The predicted molar refractivity (Wildman–Crippen MR) is 96.0 cm³/mol. The number of nitrogens with zero attached hydrogens (tertiary/aromatic N) is 3. The number of aliphatic imine (C=N–C) groups is 1. The summed E-state index contributed by atoms with van der Waals surface area (Å²) in [5.74, 6) is 1.42. The summed E-state index contributed by atoms with van der Waals surface area (Å²) >= 11 is 1.49. The lowest BCUT2D eigenvalue weighted by atomic mass is 10.3. The van der Waals surface area contributed by atoms with Crippen LogP contribution in [0.3, 0.4) is 0 Å². The van der Waals surface area contributed by atoms with Gasteiger partial charge in [-0.25, -0.2) is 15.0 Å². The minimum atomic E-state index is -0.558. The van der Waals surface area contributed by atoms with Crippen molar-refractivity contribution in [2.45, 2.75) is 40.7 Å². The van der Waals surface area contributed by atoms with Crippen molar-refractivity contribution < 1.29 is 5.11 Å². The number of hydrogen-bond acceptors (Lipinski definition) is 5. The number of rotatable bonds is 4. The normalized spacial score (nSPS) is 14.0. The zero-order valence-electron chi connectivity index (χ0n) is 14.1. The molecule has 0 aliphatic carbocycles. The van der Waals surface area contributed by atoms with Crippen molar-refractivity contribution in [2.75, 3.05) is 0 Å². The fourth-order valence-electron chi connectivity index (χ4n) is 2.03. The highest BCUT2D eigenvalue weighted by atomic mass is 32.1. The molecule has 5 nitrogen and oxygen atoms in total. The molecule has 0 aliphatic heterocycles. The molecule has 0 saturated carbocycles. The molecule has 23 heavy (non-hydrogen) atoms. The minimum absolute atomic E-state index is 0.558. The van der Waals surface area contributed by atoms with E-state index in [1.54, 1.807) is 13.1 Å². The second kappa shape index (κ2) is 7.48. The number of nitrogens with one attached hydrogen (secondary N) is 1. The molecule has 0 fully saturated rings. The minimum Gasteiger partial charge on any atom is -0.386 e. The van der Waals surface area contributed by atoms with Gasteiger partial charge in [-0.05, 0) is 46.2 Å². The number of hydrogen-bond donors (Lipinski definition) is 2. The van der Waals surface area contributed by atoms with Crippen molar-refractivity contribution in [2.24, 2.45) is 4.99 Å². The second-order valence-electron chi connectivity index (χ2n) is 5.36. The van der Waals surface area contributed by atoms with Crippen LogP contribution in [0.5, 0.6) is 0 Å². The Labute approximate surface area is 140 Å². The van der Waals surface area contributed by atoms with E-state index in [1.165, 1.54) is 11.3 Å². The van der Waals surface area contributed by atoms with E-state index >= 15 is 0 Å². The monoisotopic (exact) mass is 330 g/mol. The second-order valence-corrected chi connectivity index (χ2v) is 6.39. The van der Waals surface area contributed by atoms with Gasteiger partial charge in [0.25, 0.3) is 0 Å². The molecule has 0 aromatic carbocycles. The van der Waals surface area contributed by atoms with E-state index in [2.05, 4.69) is 20.3 Å². The summed E-state index contributed by atoms with van der Waals surface area (Å²) in [4.78, 5) is 14.2. The average Bonchev–Trinajstić information content (AvgIpc) is 2.89. The first-order chi connectivity index (χ1) is 10.9. The highest BCUT2D eigenvalue weighted by Gasteiger charge is 2.14. The summed E-state index contributed by atoms with van der Waals surface area (Å²) in [6.07, 6.45) is 3.22. The Balaban J connectivity index is 2.21. The number of aromatic nitrogens is 2. The molecule has 2 N–H and O–H groups in total. The molecule has 6 heteroatoms. The van der Waals surface area contributed by atoms with Crippen molar-refractivity contribution in [3.05, 3.63) is 45.5 Å². The van der Waals surface area contributed by atoms with Crippen LogP contribution < -0.4 is 5.32 Å². The van der Waals surface area contributed by atoms with Crippen LogP contribution in [0.1, 0.15) is 48.0 Å². The standard InChI is InChI=1S/C17H22N4OS/c1-6-14(16-11(3)19-17(23-16)12(4)22)20-13(5)21-15-8-7-10(2)9-18-15/h6-9,12,22H,1-5H3,(H,18,20,21)/b14-6-. The molecule has 2 aromatic heterocycles. The van der Waals surface area contributed by atoms with Gasteiger partial charge in [-0.2, -0.15) is 0 Å². The molecule has 0 radical (unpaired) electrons. The Morgan fingerprint density at radius 2 is 2.13 bits per heavy atom. The van der Waals surface area contributed by atoms with Gasteiger partial charge >= 0.3 is 0 Å². The van der Waals surface area contributed by atoms with Crippen molar-refractivity contribution in [3.63, 3.8) is 0 Å². The zero-order valence-corrected chi connectivity index (χ0v) is 14.9. The summed E-state index contributed by atoms with van der Waals surface area (Å²) in [6, 6.07) is 3.87. The fourth-order valence-corrected chi connectivity index (χ4v) is 3.06. The summed E-state index contributed by atoms with van der Waals surface area (Å²) in [5, 5.41) is 13.7. The molecule has 1 atom stereocenters. The van der Waals surface area contributed by atoms with Gasteiger partial charge in [0.05, 0.1) is 16.3 Å². The van der Waals surface area contributed by atoms with E-state index in [9.17, 15) is 5.11 Å². The van der Waals surface area contributed by atoms with Crippen molar-refractivity contribution in [3.8, 4) is 0 Å². The third-order valence-electron chi connectivity index (χ3n) is 3.20. The van der Waals surface area contributed by atoms with Crippen molar-refractivity contribution in [1.29, 1.82) is 0 Å². The molecular weight excluding hydrogens is 308 g/mol. The number of aryl methyl sites for hydroxylation is 2. The molecule has 1 unspecified atom stereocenters. The van der Waals surface area contributed by atoms with Crippen LogP contribution in [-0.2, 0) is 0 Å². The summed E-state index contributed by atoms with van der Waals surface area (Å²) < 4.78 is 0. The number of pyridine rings is 1. The lowest BCUT2D eigenvalue weighted by molar-refractivity contribution is 0.198. The van der Waals surface area contributed by atoms with E-state index in [4.69, 9.17) is 0 Å². The van der Waals surface area contributed by atoms with Gasteiger partial charge in [0.15, 0.2) is 5.82 Å². The summed E-state index contributed by atoms with van der Waals surface area (Å²) in [6.45, 7) is 9.52. The highest BCUT2D eigenvalue weighted by molar-refractivity contribution is 7.13. The first kappa shape index (κ1) is 17.3. The molecule has 122 valence electrons. The summed E-state index contributed by atoms with van der Waals surface area (Å²) in [5.41, 5.74) is 2.93. The van der Waals surface area contributed by atoms with Gasteiger partial charge in [-0.1, -0.05) is 12.1 Å². The molecule has 2 heterocycles. The van der Waals surface area contributed by atoms with Gasteiger partial charge in [0.2, 0.25) is 0 Å². The number of allylic oxidation sites excluding steroid dienone is 1. The van der Waals surface area contributed by atoms with Gasteiger partial charge in [-0.3, -0.25) is 0 Å². The lowest BCUT2D eigenvalue weighted by Gasteiger charge is -2.09. The van der Waals surface area contributed by atoms with Crippen LogP contribution in [0.25, 0.3) is 5.70 Å². The predicted octanol–water partition coefficient (Wildman–Crippen LogP) is 3.91. The molecule has 0 bridgehead atoms. The van der Waals surface area contributed by atoms with E-state index in [-0.39, 0.29) is 0 Å². The van der Waals surface area contributed by atoms with Gasteiger partial charge in [0, 0.05) is 6.20 Å². The van der Waals surface area contributed by atoms with Crippen molar-refractivity contribution >= 4 is 28.7 Å². The molecule has 2 rings (SSSR count). The third kappa shape index (κ3) is 4.46. The van der Waals surface area contributed by atoms with Crippen LogP contribution in [-0.4, -0.2) is 20.9 Å². The number of thiazole rings is 1. The van der Waals surface area contributed by atoms with Crippen LogP contribution in [0.4, 0.5) is 5.82 Å². The maximum Gasteiger partial charge on any atom is 0.153 e. The van der Waals surface area contributed by atoms with Gasteiger partial charge in [-0.15, -0.1) is 11.3 Å². The van der Waals surface area contributed by atoms with Crippen LogP contribution in [0.2, 0.25) is 0 Å². The van der Waals surface area contributed by atoms with Crippen LogP contribution >= 0.6 is 11.3 Å². The average molecular weight is 330 g/mol. The Kier molecular flexibility index (Phi) is 5.63. The fraction of sp³-hybridized carbons (Fsp3) is 0.353. The Morgan fingerprint density at radius 1 is 1.39 bits per heavy atom. The smallest absolute Gasteiger partial charge is 0.153 e. The highest BCUT2D eigenvalue weighted by Crippen LogP contribution is 2.28. The third-order valence-corrected chi connectivity index (χ3v) is 4.56. The van der Waals surface area contributed by atoms with E-state index < -0.39 is 6.10 Å². The Morgan fingerprint density at radius 3 is 2.65 bits per heavy atom. The SMILES string of the molecule is C/C=C(\NC(C)=Nc1ccc(C)cn1)c1sc(C(C)O)nc1C. The first-order valence-corrected chi connectivity index (χ1v) is 8.29. The molecule has 0 amide bonds. The molecule has 0 spiro atoms. The number of aliphatic hydroxyl groups is 1. The largest absolute Gasteiger partial charge is 0.386 e. The molecule has 2 aromatic rings. The molecule has 0 aliphatic rings. The van der Waals surface area contributed by atoms with Crippen LogP contribution in [0, 0.1) is 13.8 Å². The van der Waals surface area contributed by atoms with Gasteiger partial charge < -0.3 is 10.4 Å². The Bertz CT molecular complexity index is 730. The zero-order chi connectivity index (χ0) is 17.0. The van der Waals surface area contributed by atoms with Crippen molar-refractivity contribution in [1.82, 2.24) is 15.3 Å². The first-order valence-electron chi connectivity index (χ1n) is 7.47. The maximum atomic E-state index is 9.69. The van der Waals surface area contributed by atoms with E-state index in [1.807, 2.05) is 45.9 Å². The summed E-state index contributed by atoms with van der Waals surface area (Å²) in [7, 11) is 0. The van der Waals surface area contributed by atoms with E-state index in [0.29, 0.717) is 10.8 Å². The quantitative estimate of drug-likeness (QED) is 0.659. The number of amidine groups is 1. The molecular formula is C17H22N4OS.